The standard InChI is InChI=1S/C11H14BBrClNO2/c1-10(2)11(3,4)17-12(16-10)7-5-8(13)9(14)15-6-7/h5-6H,1-4H3/i5D,6D. The third-order valence-electron chi connectivity index (χ3n) is 3.19. The minimum Gasteiger partial charge on any atom is -0.399 e. The highest BCUT2D eigenvalue weighted by atomic mass is 79.9. The van der Waals surface area contributed by atoms with Gasteiger partial charge in [-0.15, -0.1) is 0 Å². The Hall–Kier alpha value is -0.0951. The van der Waals surface area contributed by atoms with Gasteiger partial charge in [-0.25, -0.2) is 4.98 Å². The largest absolute Gasteiger partial charge is 0.496 e. The Bertz CT molecular complexity index is 526. The minimum absolute atomic E-state index is 0.0727. The monoisotopic (exact) mass is 319 g/mol. The molecule has 6 heteroatoms. The molecule has 1 saturated heterocycles. The average molecular weight is 320 g/mol. The number of rotatable bonds is 1. The molecule has 0 saturated carbocycles. The Balaban J connectivity index is 2.49. The Kier molecular flexibility index (Phi) is 2.69. The molecule has 0 amide bonds. The second-order valence-corrected chi connectivity index (χ2v) is 6.11. The first-order valence-electron chi connectivity index (χ1n) is 6.24. The normalized spacial score (nSPS) is 23.5. The number of hydrogen-bond donors (Lipinski definition) is 0. The first-order valence-corrected chi connectivity index (χ1v) is 6.41. The molecule has 0 N–H and O–H groups in total. The summed E-state index contributed by atoms with van der Waals surface area (Å²) in [6.07, 6.45) is -0.100. The van der Waals surface area contributed by atoms with Crippen molar-refractivity contribution in [3.05, 3.63) is 21.8 Å². The van der Waals surface area contributed by atoms with E-state index >= 15 is 0 Å². The fraction of sp³-hybridized carbons (Fsp3) is 0.545. The van der Waals surface area contributed by atoms with Crippen LogP contribution in [0.5, 0.6) is 0 Å². The maximum atomic E-state index is 8.05. The maximum Gasteiger partial charge on any atom is 0.496 e. The van der Waals surface area contributed by atoms with Crippen molar-refractivity contribution in [2.45, 2.75) is 38.9 Å². The van der Waals surface area contributed by atoms with Gasteiger partial charge in [-0.1, -0.05) is 11.6 Å². The molecule has 1 aromatic rings. The summed E-state index contributed by atoms with van der Waals surface area (Å²) in [6, 6.07) is 0.0727. The molecule has 0 unspecified atom stereocenters. The summed E-state index contributed by atoms with van der Waals surface area (Å²) in [7, 11) is -0.786. The highest BCUT2D eigenvalue weighted by Crippen LogP contribution is 2.36. The van der Waals surface area contributed by atoms with Gasteiger partial charge >= 0.3 is 7.12 Å². The van der Waals surface area contributed by atoms with E-state index in [1.807, 2.05) is 27.7 Å². The second-order valence-electron chi connectivity index (χ2n) is 4.96. The first-order chi connectivity index (χ1) is 8.57. The summed E-state index contributed by atoms with van der Waals surface area (Å²) in [4.78, 5) is 3.88. The third kappa shape index (κ3) is 2.39. The van der Waals surface area contributed by atoms with E-state index in [9.17, 15) is 0 Å². The maximum absolute atomic E-state index is 8.05. The van der Waals surface area contributed by atoms with E-state index in [1.165, 1.54) is 0 Å². The van der Waals surface area contributed by atoms with E-state index in [-0.39, 0.29) is 22.8 Å². The number of hydrogen-bond acceptors (Lipinski definition) is 3. The summed E-state index contributed by atoms with van der Waals surface area (Å²) in [5.41, 5.74) is -0.763. The Labute approximate surface area is 118 Å². The number of aromatic nitrogens is 1. The van der Waals surface area contributed by atoms with Crippen molar-refractivity contribution in [3.63, 3.8) is 0 Å². The van der Waals surface area contributed by atoms with Gasteiger partial charge in [-0.05, 0) is 49.7 Å². The molecule has 0 radical (unpaired) electrons. The van der Waals surface area contributed by atoms with Crippen LogP contribution in [0.4, 0.5) is 0 Å². The van der Waals surface area contributed by atoms with Gasteiger partial charge in [0.2, 0.25) is 0 Å². The predicted octanol–water partition coefficient (Wildman–Crippen LogP) is 2.80. The second kappa shape index (κ2) is 4.23. The van der Waals surface area contributed by atoms with Gasteiger partial charge in [0, 0.05) is 11.6 Å². The van der Waals surface area contributed by atoms with Crippen molar-refractivity contribution in [1.82, 2.24) is 4.98 Å². The molecule has 92 valence electrons. The number of pyridine rings is 1. The van der Waals surface area contributed by atoms with Crippen LogP contribution < -0.4 is 5.46 Å². The van der Waals surface area contributed by atoms with Crippen LogP contribution in [0.15, 0.2) is 16.7 Å². The van der Waals surface area contributed by atoms with Crippen molar-refractivity contribution in [3.8, 4) is 0 Å². The minimum atomic E-state index is -0.786. The summed E-state index contributed by atoms with van der Waals surface area (Å²) in [6.45, 7) is 7.66. The molecule has 2 heterocycles. The fourth-order valence-electron chi connectivity index (χ4n) is 1.43. The van der Waals surface area contributed by atoms with Gasteiger partial charge in [-0.2, -0.15) is 0 Å². The summed E-state index contributed by atoms with van der Waals surface area (Å²) >= 11 is 9.02. The summed E-state index contributed by atoms with van der Waals surface area (Å²) < 4.78 is 27.9. The molecule has 2 rings (SSSR count). The molecular formula is C11H14BBrClNO2. The molecule has 1 aromatic heterocycles. The Morgan fingerprint density at radius 1 is 1.35 bits per heavy atom. The number of nitrogens with zero attached hydrogens (tertiary/aromatic N) is 1. The molecule has 0 aliphatic carbocycles. The fourth-order valence-corrected chi connectivity index (χ4v) is 1.82. The van der Waals surface area contributed by atoms with Crippen LogP contribution in [0.2, 0.25) is 5.15 Å². The zero-order chi connectivity index (χ0) is 14.6. The van der Waals surface area contributed by atoms with Crippen molar-refractivity contribution >= 4 is 40.1 Å². The lowest BCUT2D eigenvalue weighted by atomic mass is 9.80. The molecule has 1 fully saturated rings. The molecule has 0 spiro atoms. The van der Waals surface area contributed by atoms with E-state index in [0.717, 1.165) is 0 Å². The van der Waals surface area contributed by atoms with Crippen molar-refractivity contribution < 1.29 is 12.1 Å². The lowest BCUT2D eigenvalue weighted by molar-refractivity contribution is 0.00578. The van der Waals surface area contributed by atoms with E-state index in [4.69, 9.17) is 23.7 Å². The van der Waals surface area contributed by atoms with Crippen LogP contribution in [0.1, 0.15) is 30.4 Å². The smallest absolute Gasteiger partial charge is 0.399 e. The topological polar surface area (TPSA) is 31.4 Å². The zero-order valence-corrected chi connectivity index (χ0v) is 12.4. The van der Waals surface area contributed by atoms with Crippen LogP contribution in [0.3, 0.4) is 0 Å². The van der Waals surface area contributed by atoms with Gasteiger partial charge in [-0.3, -0.25) is 0 Å². The number of halogens is 2. The van der Waals surface area contributed by atoms with Crippen molar-refractivity contribution in [1.29, 1.82) is 0 Å². The molecule has 0 aromatic carbocycles. The first kappa shape index (κ1) is 10.8. The molecule has 0 bridgehead atoms. The Morgan fingerprint density at radius 2 is 1.88 bits per heavy atom. The summed E-state index contributed by atoms with van der Waals surface area (Å²) in [5, 5.41) is 0.0928. The molecule has 1 aliphatic rings. The molecule has 17 heavy (non-hydrogen) atoms. The van der Waals surface area contributed by atoms with Crippen LogP contribution in [0, 0.1) is 0 Å². The van der Waals surface area contributed by atoms with Gasteiger partial charge in [0.05, 0.1) is 18.4 Å². The highest BCUT2D eigenvalue weighted by molar-refractivity contribution is 9.10. The van der Waals surface area contributed by atoms with Crippen molar-refractivity contribution in [2.24, 2.45) is 0 Å². The quantitative estimate of drug-likeness (QED) is 0.589. The lowest BCUT2D eigenvalue weighted by Gasteiger charge is -2.32. The zero-order valence-electron chi connectivity index (χ0n) is 12.1. The van der Waals surface area contributed by atoms with E-state index in [0.29, 0.717) is 4.47 Å². The Morgan fingerprint density at radius 3 is 2.41 bits per heavy atom. The van der Waals surface area contributed by atoms with Gasteiger partial charge in [0.15, 0.2) is 0 Å². The predicted molar refractivity (Wildman–Crippen MR) is 72.7 cm³/mol. The molecular weight excluding hydrogens is 304 g/mol. The summed E-state index contributed by atoms with van der Waals surface area (Å²) in [5.74, 6) is 0. The van der Waals surface area contributed by atoms with Crippen molar-refractivity contribution in [2.75, 3.05) is 0 Å². The van der Waals surface area contributed by atoms with Gasteiger partial charge in [0.1, 0.15) is 5.15 Å². The van der Waals surface area contributed by atoms with E-state index in [2.05, 4.69) is 20.9 Å². The van der Waals surface area contributed by atoms with Crippen LogP contribution >= 0.6 is 27.5 Å². The van der Waals surface area contributed by atoms with Gasteiger partial charge in [0.25, 0.3) is 0 Å². The molecule has 1 aliphatic heterocycles. The molecule has 0 atom stereocenters. The highest BCUT2D eigenvalue weighted by Gasteiger charge is 2.51. The van der Waals surface area contributed by atoms with E-state index in [1.54, 1.807) is 0 Å². The molecule has 3 nitrogen and oxygen atoms in total. The van der Waals surface area contributed by atoms with E-state index < -0.39 is 18.3 Å². The third-order valence-corrected chi connectivity index (χ3v) is 4.26. The van der Waals surface area contributed by atoms with Crippen LogP contribution in [-0.2, 0) is 9.31 Å². The van der Waals surface area contributed by atoms with Gasteiger partial charge < -0.3 is 9.31 Å². The average Bonchev–Trinajstić information content (AvgIpc) is 2.44. The van der Waals surface area contributed by atoms with Crippen LogP contribution in [0.25, 0.3) is 0 Å². The van der Waals surface area contributed by atoms with Crippen LogP contribution in [-0.4, -0.2) is 23.3 Å². The lowest BCUT2D eigenvalue weighted by Crippen LogP contribution is -2.41. The SMILES string of the molecule is [2H]c1nc(Cl)c(Br)c([2H])c1B1OC(C)(C)C(C)(C)O1.